The Kier molecular flexibility index (Phi) is 6.42. The number of aryl methyl sites for hydroxylation is 1. The molecular formula is C22H25N3O3. The second-order valence-electron chi connectivity index (χ2n) is 6.84. The molecule has 0 unspecified atom stereocenters. The maximum atomic E-state index is 12.5. The van der Waals surface area contributed by atoms with Crippen molar-refractivity contribution in [1.29, 1.82) is 0 Å². The van der Waals surface area contributed by atoms with Gasteiger partial charge >= 0.3 is 0 Å². The average molecular weight is 379 g/mol. The van der Waals surface area contributed by atoms with E-state index in [0.29, 0.717) is 12.2 Å². The highest BCUT2D eigenvalue weighted by Crippen LogP contribution is 2.23. The summed E-state index contributed by atoms with van der Waals surface area (Å²) in [6.45, 7) is 4.77. The van der Waals surface area contributed by atoms with Crippen molar-refractivity contribution in [2.24, 2.45) is 4.99 Å². The molecule has 1 atom stereocenters. The van der Waals surface area contributed by atoms with Gasteiger partial charge in [-0.15, -0.1) is 0 Å². The largest absolute Gasteiger partial charge is 0.494 e. The molecule has 0 spiro atoms. The predicted octanol–water partition coefficient (Wildman–Crippen LogP) is 3.52. The fourth-order valence-corrected chi connectivity index (χ4v) is 2.85. The maximum absolute atomic E-state index is 12.5. The molecule has 1 aliphatic rings. The molecule has 6 nitrogen and oxygen atoms in total. The molecule has 6 heteroatoms. The number of rotatable bonds is 6. The first-order valence-electron chi connectivity index (χ1n) is 9.53. The number of aliphatic imine (C=N–C) groups is 1. The number of ether oxygens (including phenoxy) is 1. The summed E-state index contributed by atoms with van der Waals surface area (Å²) in [7, 11) is 0. The average Bonchev–Trinajstić information content (AvgIpc) is 2.69. The lowest BCUT2D eigenvalue weighted by molar-refractivity contribution is -0.120. The van der Waals surface area contributed by atoms with E-state index in [1.54, 1.807) is 24.3 Å². The Balaban J connectivity index is 1.66. The summed E-state index contributed by atoms with van der Waals surface area (Å²) in [6, 6.07) is 14.5. The van der Waals surface area contributed by atoms with Crippen molar-refractivity contribution >= 4 is 17.8 Å². The first kappa shape index (κ1) is 19.6. The highest BCUT2D eigenvalue weighted by atomic mass is 16.5. The van der Waals surface area contributed by atoms with E-state index in [4.69, 9.17) is 4.74 Å². The van der Waals surface area contributed by atoms with Gasteiger partial charge in [-0.1, -0.05) is 43.2 Å². The predicted molar refractivity (Wildman–Crippen MR) is 108 cm³/mol. The van der Waals surface area contributed by atoms with E-state index >= 15 is 0 Å². The van der Waals surface area contributed by atoms with Gasteiger partial charge in [-0.25, -0.2) is 4.99 Å². The van der Waals surface area contributed by atoms with Gasteiger partial charge in [0.1, 0.15) is 5.75 Å². The molecule has 2 N–H and O–H groups in total. The van der Waals surface area contributed by atoms with E-state index < -0.39 is 0 Å². The van der Waals surface area contributed by atoms with Crippen molar-refractivity contribution in [2.75, 3.05) is 6.61 Å². The Morgan fingerprint density at radius 3 is 2.57 bits per heavy atom. The van der Waals surface area contributed by atoms with Gasteiger partial charge in [-0.2, -0.15) is 0 Å². The zero-order valence-electron chi connectivity index (χ0n) is 16.2. The van der Waals surface area contributed by atoms with Gasteiger partial charge < -0.3 is 4.74 Å². The number of amides is 2. The molecule has 1 aliphatic heterocycles. The molecule has 0 saturated heterocycles. The Morgan fingerprint density at radius 2 is 1.89 bits per heavy atom. The molecule has 146 valence electrons. The minimum absolute atomic E-state index is 0.171. The van der Waals surface area contributed by atoms with E-state index in [2.05, 4.69) is 22.5 Å². The van der Waals surface area contributed by atoms with Crippen LogP contribution in [0, 0.1) is 6.92 Å². The van der Waals surface area contributed by atoms with Gasteiger partial charge in [0.2, 0.25) is 11.9 Å². The summed E-state index contributed by atoms with van der Waals surface area (Å²) in [6.07, 6.45) is 2.31. The fourth-order valence-electron chi connectivity index (χ4n) is 2.85. The molecule has 2 aromatic rings. The number of hydrogen-bond donors (Lipinski definition) is 2. The van der Waals surface area contributed by atoms with Crippen LogP contribution in [0.1, 0.15) is 53.7 Å². The standard InChI is InChI=1S/C22H25N3O3/c1-3-4-13-28-18-11-9-17(10-12-18)21(27)25-22-23-19(14-20(26)24-22)16-7-5-15(2)6-8-16/h5-12,19H,3-4,13-14H2,1-2H3,(H2,23,24,25,26,27)/t19-/m0/s1. The molecule has 0 aromatic heterocycles. The molecule has 0 aliphatic carbocycles. The molecule has 0 bridgehead atoms. The van der Waals surface area contributed by atoms with Crippen molar-refractivity contribution in [2.45, 2.75) is 39.2 Å². The normalized spacial score (nSPS) is 16.1. The first-order chi connectivity index (χ1) is 13.5. The maximum Gasteiger partial charge on any atom is 0.257 e. The molecule has 2 amide bonds. The molecule has 28 heavy (non-hydrogen) atoms. The lowest BCUT2D eigenvalue weighted by Crippen LogP contribution is -2.47. The van der Waals surface area contributed by atoms with Crippen molar-refractivity contribution in [3.05, 3.63) is 65.2 Å². The second kappa shape index (κ2) is 9.17. The Hall–Kier alpha value is -3.15. The Bertz CT molecular complexity index is 858. The van der Waals surface area contributed by atoms with Crippen LogP contribution in [0.5, 0.6) is 5.75 Å². The summed E-state index contributed by atoms with van der Waals surface area (Å²) in [5, 5.41) is 5.32. The molecule has 1 heterocycles. The van der Waals surface area contributed by atoms with Crippen LogP contribution < -0.4 is 15.4 Å². The number of guanidine groups is 1. The van der Waals surface area contributed by atoms with Gasteiger partial charge in [0.25, 0.3) is 5.91 Å². The van der Waals surface area contributed by atoms with Crippen molar-refractivity contribution in [1.82, 2.24) is 10.6 Å². The van der Waals surface area contributed by atoms with E-state index in [-0.39, 0.29) is 30.2 Å². The minimum Gasteiger partial charge on any atom is -0.494 e. The minimum atomic E-state index is -0.330. The van der Waals surface area contributed by atoms with Crippen LogP contribution in [0.2, 0.25) is 0 Å². The van der Waals surface area contributed by atoms with E-state index in [0.717, 1.165) is 29.7 Å². The molecule has 3 rings (SSSR count). The lowest BCUT2D eigenvalue weighted by Gasteiger charge is -2.21. The zero-order chi connectivity index (χ0) is 19.9. The molecule has 0 fully saturated rings. The van der Waals surface area contributed by atoms with Gasteiger partial charge in [0.15, 0.2) is 0 Å². The lowest BCUT2D eigenvalue weighted by atomic mass is 10.0. The third-order valence-corrected chi connectivity index (χ3v) is 4.50. The van der Waals surface area contributed by atoms with Crippen LogP contribution in [0.3, 0.4) is 0 Å². The van der Waals surface area contributed by atoms with E-state index in [1.807, 2.05) is 31.2 Å². The highest BCUT2D eigenvalue weighted by molar-refractivity contribution is 6.10. The molecule has 0 radical (unpaired) electrons. The Labute approximate surface area is 165 Å². The summed E-state index contributed by atoms with van der Waals surface area (Å²) in [4.78, 5) is 29.0. The SMILES string of the molecule is CCCCOc1ccc(C(=O)NC2=N[C@H](c3ccc(C)cc3)CC(=O)N2)cc1. The molecule has 0 saturated carbocycles. The Morgan fingerprint density at radius 1 is 1.18 bits per heavy atom. The second-order valence-corrected chi connectivity index (χ2v) is 6.84. The topological polar surface area (TPSA) is 79.8 Å². The third-order valence-electron chi connectivity index (χ3n) is 4.50. The summed E-state index contributed by atoms with van der Waals surface area (Å²) >= 11 is 0. The van der Waals surface area contributed by atoms with Crippen LogP contribution in [-0.4, -0.2) is 24.4 Å². The zero-order valence-corrected chi connectivity index (χ0v) is 16.2. The van der Waals surface area contributed by atoms with Crippen LogP contribution in [0.15, 0.2) is 53.5 Å². The quantitative estimate of drug-likeness (QED) is 0.754. The van der Waals surface area contributed by atoms with Gasteiger partial charge in [-0.05, 0) is 43.2 Å². The fraction of sp³-hybridized carbons (Fsp3) is 0.318. The van der Waals surface area contributed by atoms with Gasteiger partial charge in [0, 0.05) is 5.56 Å². The number of nitrogens with zero attached hydrogens (tertiary/aromatic N) is 1. The summed E-state index contributed by atoms with van der Waals surface area (Å²) < 4.78 is 5.60. The van der Waals surface area contributed by atoms with E-state index in [9.17, 15) is 9.59 Å². The number of hydrogen-bond acceptors (Lipinski definition) is 4. The molecule has 2 aromatic carbocycles. The monoisotopic (exact) mass is 379 g/mol. The summed E-state index contributed by atoms with van der Waals surface area (Å²) in [5.41, 5.74) is 2.56. The number of nitrogens with one attached hydrogen (secondary N) is 2. The van der Waals surface area contributed by atoms with Crippen LogP contribution in [0.25, 0.3) is 0 Å². The number of benzene rings is 2. The van der Waals surface area contributed by atoms with Crippen molar-refractivity contribution in [3.63, 3.8) is 0 Å². The highest BCUT2D eigenvalue weighted by Gasteiger charge is 2.23. The van der Waals surface area contributed by atoms with Crippen molar-refractivity contribution in [3.8, 4) is 5.75 Å². The van der Waals surface area contributed by atoms with Gasteiger partial charge in [-0.3, -0.25) is 20.2 Å². The number of carbonyl (C=O) groups is 2. The first-order valence-corrected chi connectivity index (χ1v) is 9.53. The smallest absolute Gasteiger partial charge is 0.257 e. The van der Waals surface area contributed by atoms with Crippen LogP contribution in [0.4, 0.5) is 0 Å². The third kappa shape index (κ3) is 5.19. The van der Waals surface area contributed by atoms with E-state index in [1.165, 1.54) is 0 Å². The summed E-state index contributed by atoms with van der Waals surface area (Å²) in [5.74, 6) is 0.405. The van der Waals surface area contributed by atoms with Gasteiger partial charge in [0.05, 0.1) is 19.1 Å². The molecular weight excluding hydrogens is 354 g/mol. The van der Waals surface area contributed by atoms with Crippen molar-refractivity contribution < 1.29 is 14.3 Å². The number of unbranched alkanes of at least 4 members (excludes halogenated alkanes) is 1. The van der Waals surface area contributed by atoms with Crippen LogP contribution >= 0.6 is 0 Å². The van der Waals surface area contributed by atoms with Crippen LogP contribution in [-0.2, 0) is 4.79 Å². The number of carbonyl (C=O) groups excluding carboxylic acids is 2.